The molecule has 2 aromatic carbocycles. The molecule has 1 saturated carbocycles. The number of carbonyl (C=O) groups excluding carboxylic acids is 1. The van der Waals surface area contributed by atoms with Crippen molar-refractivity contribution >= 4 is 17.4 Å². The van der Waals surface area contributed by atoms with E-state index >= 15 is 0 Å². The average Bonchev–Trinajstić information content (AvgIpc) is 2.78. The van der Waals surface area contributed by atoms with Gasteiger partial charge in [0.05, 0.1) is 19.9 Å². The van der Waals surface area contributed by atoms with Gasteiger partial charge >= 0.3 is 6.03 Å². The number of hydrogen-bond acceptors (Lipinski definition) is 3. The molecule has 0 radical (unpaired) electrons. The highest BCUT2D eigenvalue weighted by Gasteiger charge is 2.51. The first-order valence-corrected chi connectivity index (χ1v) is 10.6. The predicted molar refractivity (Wildman–Crippen MR) is 120 cm³/mol. The molecule has 1 fully saturated rings. The Morgan fingerprint density at radius 1 is 1.16 bits per heavy atom. The topological polar surface area (TPSA) is 50.8 Å². The van der Waals surface area contributed by atoms with Crippen LogP contribution in [0.15, 0.2) is 54.1 Å². The lowest BCUT2D eigenvalue weighted by Crippen LogP contribution is -2.50. The van der Waals surface area contributed by atoms with Crippen LogP contribution in [0.4, 0.5) is 20.6 Å². The van der Waals surface area contributed by atoms with Gasteiger partial charge in [-0.25, -0.2) is 9.18 Å². The number of allylic oxidation sites excluding steroid dienone is 1. The third kappa shape index (κ3) is 3.99. The Balaban J connectivity index is 1.61. The average molecular weight is 425 g/mol. The van der Waals surface area contributed by atoms with Gasteiger partial charge in [-0.1, -0.05) is 25.5 Å². The van der Waals surface area contributed by atoms with E-state index in [0.29, 0.717) is 35.3 Å². The Kier molecular flexibility index (Phi) is 5.65. The first kappa shape index (κ1) is 21.2. The summed E-state index contributed by atoms with van der Waals surface area (Å²) in [7, 11) is 3.12. The zero-order chi connectivity index (χ0) is 22.2. The molecule has 164 valence electrons. The summed E-state index contributed by atoms with van der Waals surface area (Å²) in [5, 5.41) is 2.95. The van der Waals surface area contributed by atoms with E-state index in [9.17, 15) is 9.18 Å². The lowest BCUT2D eigenvalue weighted by molar-refractivity contribution is -0.00666. The summed E-state index contributed by atoms with van der Waals surface area (Å²) in [4.78, 5) is 15.1. The van der Waals surface area contributed by atoms with Gasteiger partial charge in [0.2, 0.25) is 0 Å². The maximum absolute atomic E-state index is 13.5. The van der Waals surface area contributed by atoms with E-state index in [1.807, 2.05) is 0 Å². The third-order valence-corrected chi connectivity index (χ3v) is 6.96. The van der Waals surface area contributed by atoms with Crippen LogP contribution < -0.4 is 19.7 Å². The number of carbonyl (C=O) groups is 1. The van der Waals surface area contributed by atoms with E-state index in [-0.39, 0.29) is 17.3 Å². The fourth-order valence-electron chi connectivity index (χ4n) is 4.82. The Morgan fingerprint density at radius 2 is 1.90 bits per heavy atom. The number of hydrogen-bond donors (Lipinski definition) is 1. The van der Waals surface area contributed by atoms with Crippen LogP contribution in [0.5, 0.6) is 11.5 Å². The van der Waals surface area contributed by atoms with E-state index in [4.69, 9.17) is 9.47 Å². The number of anilines is 2. The molecule has 0 aliphatic heterocycles. The first-order chi connectivity index (χ1) is 14.8. The Morgan fingerprint density at radius 3 is 2.52 bits per heavy atom. The summed E-state index contributed by atoms with van der Waals surface area (Å²) >= 11 is 0. The minimum absolute atomic E-state index is 0.258. The van der Waals surface area contributed by atoms with Gasteiger partial charge in [0.25, 0.3) is 0 Å². The van der Waals surface area contributed by atoms with Gasteiger partial charge in [0.1, 0.15) is 17.3 Å². The largest absolute Gasteiger partial charge is 0.497 e. The van der Waals surface area contributed by atoms with Crippen LogP contribution in [0, 0.1) is 23.1 Å². The van der Waals surface area contributed by atoms with Crippen LogP contribution in [-0.2, 0) is 0 Å². The monoisotopic (exact) mass is 424 g/mol. The zero-order valence-corrected chi connectivity index (χ0v) is 18.4. The van der Waals surface area contributed by atoms with E-state index in [2.05, 4.69) is 25.2 Å². The van der Waals surface area contributed by atoms with Crippen molar-refractivity contribution in [1.82, 2.24) is 0 Å². The van der Waals surface area contributed by atoms with E-state index < -0.39 is 0 Å². The first-order valence-electron chi connectivity index (χ1n) is 10.6. The second kappa shape index (κ2) is 8.25. The molecule has 5 rings (SSSR count). The van der Waals surface area contributed by atoms with Crippen molar-refractivity contribution in [3.05, 3.63) is 59.9 Å². The molecule has 0 spiro atoms. The molecule has 2 amide bonds. The van der Waals surface area contributed by atoms with Crippen LogP contribution in [-0.4, -0.2) is 26.8 Å². The number of rotatable bonds is 6. The molecule has 0 heterocycles. The van der Waals surface area contributed by atoms with Crippen LogP contribution in [0.25, 0.3) is 0 Å². The molecule has 1 N–H and O–H groups in total. The zero-order valence-electron chi connectivity index (χ0n) is 18.4. The number of benzene rings is 2. The van der Waals surface area contributed by atoms with Crippen LogP contribution >= 0.6 is 0 Å². The van der Waals surface area contributed by atoms with Gasteiger partial charge in [0, 0.05) is 18.3 Å². The number of fused-ring (bicyclic) bond motifs is 1. The number of halogens is 1. The summed E-state index contributed by atoms with van der Waals surface area (Å²) < 4.78 is 24.2. The van der Waals surface area contributed by atoms with Gasteiger partial charge in [-0.15, -0.1) is 0 Å². The van der Waals surface area contributed by atoms with Crippen molar-refractivity contribution in [2.24, 2.45) is 17.3 Å². The maximum atomic E-state index is 13.5. The van der Waals surface area contributed by atoms with Crippen LogP contribution in [0.1, 0.15) is 26.7 Å². The van der Waals surface area contributed by atoms with E-state index in [1.54, 1.807) is 49.5 Å². The van der Waals surface area contributed by atoms with Crippen molar-refractivity contribution in [2.75, 3.05) is 31.0 Å². The van der Waals surface area contributed by atoms with Gasteiger partial charge in [0.15, 0.2) is 0 Å². The quantitative estimate of drug-likeness (QED) is 0.590. The molecule has 31 heavy (non-hydrogen) atoms. The summed E-state index contributed by atoms with van der Waals surface area (Å²) in [6.07, 6.45) is 4.50. The van der Waals surface area contributed by atoms with Crippen LogP contribution in [0.3, 0.4) is 0 Å². The Bertz CT molecular complexity index is 1000. The third-order valence-electron chi connectivity index (χ3n) is 6.96. The van der Waals surface area contributed by atoms with Gasteiger partial charge in [-0.3, -0.25) is 4.90 Å². The fourth-order valence-corrected chi connectivity index (χ4v) is 4.82. The molecule has 3 aliphatic rings. The summed E-state index contributed by atoms with van der Waals surface area (Å²) in [5.41, 5.74) is 2.72. The highest BCUT2D eigenvalue weighted by atomic mass is 19.1. The number of amides is 2. The number of nitrogens with zero attached hydrogens (tertiary/aromatic N) is 1. The van der Waals surface area contributed by atoms with Crippen molar-refractivity contribution < 1.29 is 18.7 Å². The lowest BCUT2D eigenvalue weighted by Gasteiger charge is -2.57. The molecule has 2 aromatic rings. The maximum Gasteiger partial charge on any atom is 0.326 e. The van der Waals surface area contributed by atoms with Gasteiger partial charge in [-0.05, 0) is 66.5 Å². The fraction of sp³-hybridized carbons (Fsp3) is 0.400. The molecular formula is C25H29FN2O3. The Hall–Kier alpha value is -3.02. The molecule has 0 saturated heterocycles. The molecule has 2 bridgehead atoms. The van der Waals surface area contributed by atoms with E-state index in [1.165, 1.54) is 24.1 Å². The standard InChI is InChI=1S/C25H29FN2O3/c1-25(2)17-6-5-16(21(25)13-17)15-28(19-9-7-18(26)8-10-19)24(29)27-22-12-11-20(30-3)14-23(22)31-4/h5,7-12,14,17,21H,6,13,15H2,1-4H3,(H,27,29). The minimum atomic E-state index is -0.333. The second-order valence-electron chi connectivity index (χ2n) is 8.88. The summed E-state index contributed by atoms with van der Waals surface area (Å²) in [6.45, 7) is 5.09. The normalized spacial score (nSPS) is 20.9. The smallest absolute Gasteiger partial charge is 0.326 e. The Labute approximate surface area is 182 Å². The van der Waals surface area contributed by atoms with Crippen LogP contribution in [0.2, 0.25) is 0 Å². The second-order valence-corrected chi connectivity index (χ2v) is 8.88. The SMILES string of the molecule is COc1ccc(NC(=O)N(CC2=CCC3CC2C3(C)C)c2ccc(F)cc2)c(OC)c1. The molecule has 3 aliphatic carbocycles. The van der Waals surface area contributed by atoms with Gasteiger partial charge < -0.3 is 14.8 Å². The minimum Gasteiger partial charge on any atom is -0.497 e. The van der Waals surface area contributed by atoms with Crippen molar-refractivity contribution in [1.29, 1.82) is 0 Å². The molecule has 0 aromatic heterocycles. The number of urea groups is 1. The molecule has 2 unspecified atom stereocenters. The van der Waals surface area contributed by atoms with Gasteiger partial charge in [-0.2, -0.15) is 0 Å². The number of ether oxygens (including phenoxy) is 2. The molecular weight excluding hydrogens is 395 g/mol. The summed E-state index contributed by atoms with van der Waals surface area (Å²) in [6, 6.07) is 11.0. The van der Waals surface area contributed by atoms with Crippen molar-refractivity contribution in [3.8, 4) is 11.5 Å². The highest BCUT2D eigenvalue weighted by Crippen LogP contribution is 2.59. The molecule has 6 heteroatoms. The number of nitrogens with one attached hydrogen (secondary N) is 1. The molecule has 5 nitrogen and oxygen atoms in total. The highest BCUT2D eigenvalue weighted by molar-refractivity contribution is 6.03. The van der Waals surface area contributed by atoms with Crippen molar-refractivity contribution in [2.45, 2.75) is 26.7 Å². The molecule has 2 atom stereocenters. The summed E-state index contributed by atoms with van der Waals surface area (Å²) in [5.74, 6) is 2.00. The lowest BCUT2D eigenvalue weighted by atomic mass is 9.49. The number of methoxy groups -OCH3 is 2. The van der Waals surface area contributed by atoms with Crippen molar-refractivity contribution in [3.63, 3.8) is 0 Å². The van der Waals surface area contributed by atoms with E-state index in [0.717, 1.165) is 12.3 Å². The predicted octanol–water partition coefficient (Wildman–Crippen LogP) is 5.87.